The molecule has 0 saturated heterocycles. The van der Waals surface area contributed by atoms with Crippen molar-refractivity contribution >= 4 is 58.1 Å². The highest BCUT2D eigenvalue weighted by Crippen LogP contribution is 2.35. The zero-order valence-corrected chi connectivity index (χ0v) is 15.5. The molecule has 122 valence electrons. The molecule has 4 nitrogen and oxygen atoms in total. The van der Waals surface area contributed by atoms with Crippen molar-refractivity contribution in [1.82, 2.24) is 4.98 Å². The van der Waals surface area contributed by atoms with Crippen LogP contribution >= 0.6 is 46.3 Å². The van der Waals surface area contributed by atoms with Gasteiger partial charge in [-0.15, -0.1) is 11.3 Å². The van der Waals surface area contributed by atoms with E-state index in [9.17, 15) is 9.59 Å². The molecule has 0 bridgehead atoms. The van der Waals surface area contributed by atoms with Crippen LogP contribution in [0.25, 0.3) is 11.3 Å². The van der Waals surface area contributed by atoms with Gasteiger partial charge in [0.05, 0.1) is 17.3 Å². The minimum atomic E-state index is -0.908. The number of ether oxygens (including phenoxy) is 1. The summed E-state index contributed by atoms with van der Waals surface area (Å²) in [5, 5.41) is 1.95. The van der Waals surface area contributed by atoms with Gasteiger partial charge in [-0.2, -0.15) is 0 Å². The third-order valence-electron chi connectivity index (χ3n) is 2.78. The Morgan fingerprint density at radius 2 is 2.13 bits per heavy atom. The number of benzene rings is 1. The van der Waals surface area contributed by atoms with E-state index in [1.54, 1.807) is 25.1 Å². The number of Topliss-reactive ketones (excluding diaryl/α,β-unsaturated/α-hetero) is 1. The predicted molar refractivity (Wildman–Crippen MR) is 94.5 cm³/mol. The van der Waals surface area contributed by atoms with E-state index < -0.39 is 11.2 Å². The molecule has 8 heteroatoms. The van der Waals surface area contributed by atoms with Crippen molar-refractivity contribution in [3.05, 3.63) is 33.6 Å². The molecule has 0 saturated carbocycles. The maximum absolute atomic E-state index is 11.8. The largest absolute Gasteiger partial charge is 0.465 e. The molecule has 2 rings (SSSR count). The number of hydrogen-bond acceptors (Lipinski definition) is 6. The van der Waals surface area contributed by atoms with E-state index in [0.717, 1.165) is 17.3 Å². The van der Waals surface area contributed by atoms with E-state index >= 15 is 0 Å². The summed E-state index contributed by atoms with van der Waals surface area (Å²) in [7, 11) is 0. The fraction of sp³-hybridized carbons (Fsp3) is 0.267. The number of hydrogen-bond donors (Lipinski definition) is 0. The lowest BCUT2D eigenvalue weighted by molar-refractivity contribution is -0.144. The molecule has 2 aromatic rings. The monoisotopic (exact) mass is 389 g/mol. The SMILES string of the molecule is CCOC(=O)C(Sc1nc(-c2ccc(Cl)cc2Cl)cs1)C(C)=O. The number of carbonyl (C=O) groups excluding carboxylic acids is 2. The Labute approximate surface area is 152 Å². The van der Waals surface area contributed by atoms with Crippen molar-refractivity contribution < 1.29 is 14.3 Å². The molecule has 23 heavy (non-hydrogen) atoms. The van der Waals surface area contributed by atoms with Gasteiger partial charge in [-0.3, -0.25) is 9.59 Å². The molecule has 0 radical (unpaired) electrons. The lowest BCUT2D eigenvalue weighted by Crippen LogP contribution is -2.27. The molecular formula is C15H13Cl2NO3S2. The maximum Gasteiger partial charge on any atom is 0.327 e. The lowest BCUT2D eigenvalue weighted by Gasteiger charge is -2.10. The van der Waals surface area contributed by atoms with Crippen LogP contribution in [0.15, 0.2) is 27.9 Å². The first-order valence-corrected chi connectivity index (χ1v) is 9.18. The molecule has 1 heterocycles. The molecule has 0 aliphatic carbocycles. The number of nitrogens with zero attached hydrogens (tertiary/aromatic N) is 1. The summed E-state index contributed by atoms with van der Waals surface area (Å²) in [6, 6.07) is 5.15. The first-order chi connectivity index (χ1) is 10.9. The van der Waals surface area contributed by atoms with E-state index in [1.807, 2.05) is 5.38 Å². The minimum Gasteiger partial charge on any atom is -0.465 e. The number of ketones is 1. The van der Waals surface area contributed by atoms with Crippen molar-refractivity contribution in [2.24, 2.45) is 0 Å². The van der Waals surface area contributed by atoms with Gasteiger partial charge in [-0.1, -0.05) is 35.0 Å². The third-order valence-corrected chi connectivity index (χ3v) is 5.59. The molecule has 1 aromatic heterocycles. The molecular weight excluding hydrogens is 377 g/mol. The fourth-order valence-corrected chi connectivity index (χ4v) is 4.13. The van der Waals surface area contributed by atoms with Crippen LogP contribution in [-0.4, -0.2) is 28.6 Å². The molecule has 0 aliphatic rings. The van der Waals surface area contributed by atoms with Gasteiger partial charge >= 0.3 is 5.97 Å². The van der Waals surface area contributed by atoms with Crippen LogP contribution in [-0.2, 0) is 14.3 Å². The highest BCUT2D eigenvalue weighted by Gasteiger charge is 2.27. The summed E-state index contributed by atoms with van der Waals surface area (Å²) in [5.74, 6) is -0.819. The second kappa shape index (κ2) is 8.15. The zero-order valence-electron chi connectivity index (χ0n) is 12.3. The normalized spacial score (nSPS) is 12.0. The quantitative estimate of drug-likeness (QED) is 0.406. The average molecular weight is 390 g/mol. The van der Waals surface area contributed by atoms with Crippen molar-refractivity contribution in [3.8, 4) is 11.3 Å². The van der Waals surface area contributed by atoms with Crippen LogP contribution in [0.3, 0.4) is 0 Å². The first-order valence-electron chi connectivity index (χ1n) is 6.67. The summed E-state index contributed by atoms with van der Waals surface area (Å²) >= 11 is 14.5. The number of carbonyl (C=O) groups is 2. The predicted octanol–water partition coefficient (Wildman–Crippen LogP) is 4.73. The van der Waals surface area contributed by atoms with Crippen molar-refractivity contribution in [2.75, 3.05) is 6.61 Å². The third kappa shape index (κ3) is 4.70. The van der Waals surface area contributed by atoms with E-state index in [0.29, 0.717) is 20.1 Å². The van der Waals surface area contributed by atoms with Crippen molar-refractivity contribution in [3.63, 3.8) is 0 Å². The van der Waals surface area contributed by atoms with E-state index in [4.69, 9.17) is 27.9 Å². The number of thioether (sulfide) groups is 1. The van der Waals surface area contributed by atoms with Crippen LogP contribution in [0.1, 0.15) is 13.8 Å². The summed E-state index contributed by atoms with van der Waals surface area (Å²) in [6.07, 6.45) is 0. The Balaban J connectivity index is 2.21. The van der Waals surface area contributed by atoms with E-state index in [-0.39, 0.29) is 12.4 Å². The topological polar surface area (TPSA) is 56.3 Å². The summed E-state index contributed by atoms with van der Waals surface area (Å²) in [6.45, 7) is 3.29. The second-order valence-electron chi connectivity index (χ2n) is 4.48. The average Bonchev–Trinajstić information content (AvgIpc) is 2.93. The number of halogens is 2. The smallest absolute Gasteiger partial charge is 0.327 e. The molecule has 0 spiro atoms. The molecule has 0 amide bonds. The molecule has 0 fully saturated rings. The Hall–Kier alpha value is -1.08. The zero-order chi connectivity index (χ0) is 17.0. The lowest BCUT2D eigenvalue weighted by atomic mass is 10.2. The van der Waals surface area contributed by atoms with Crippen LogP contribution in [0.2, 0.25) is 10.0 Å². The minimum absolute atomic E-state index is 0.229. The van der Waals surface area contributed by atoms with E-state index in [2.05, 4.69) is 4.98 Å². The van der Waals surface area contributed by atoms with Gasteiger partial charge in [0.1, 0.15) is 0 Å². The van der Waals surface area contributed by atoms with Crippen molar-refractivity contribution in [2.45, 2.75) is 23.4 Å². The highest BCUT2D eigenvalue weighted by molar-refractivity contribution is 8.03. The van der Waals surface area contributed by atoms with Crippen LogP contribution in [0.4, 0.5) is 0 Å². The molecule has 1 unspecified atom stereocenters. The summed E-state index contributed by atoms with van der Waals surface area (Å²) < 4.78 is 5.52. The fourth-order valence-electron chi connectivity index (χ4n) is 1.75. The van der Waals surface area contributed by atoms with Crippen LogP contribution in [0, 0.1) is 0 Å². The highest BCUT2D eigenvalue weighted by atomic mass is 35.5. The Kier molecular flexibility index (Phi) is 6.47. The van der Waals surface area contributed by atoms with Gasteiger partial charge in [-0.25, -0.2) is 4.98 Å². The van der Waals surface area contributed by atoms with Crippen LogP contribution < -0.4 is 0 Å². The Morgan fingerprint density at radius 1 is 1.39 bits per heavy atom. The number of aromatic nitrogens is 1. The summed E-state index contributed by atoms with van der Waals surface area (Å²) in [5.41, 5.74) is 1.42. The Morgan fingerprint density at radius 3 is 2.74 bits per heavy atom. The van der Waals surface area contributed by atoms with Gasteiger partial charge < -0.3 is 4.74 Å². The molecule has 0 N–H and O–H groups in total. The second-order valence-corrected chi connectivity index (χ2v) is 7.54. The first kappa shape index (κ1) is 18.3. The number of thiazole rings is 1. The van der Waals surface area contributed by atoms with Gasteiger partial charge in [0.2, 0.25) is 0 Å². The number of rotatable bonds is 6. The van der Waals surface area contributed by atoms with Gasteiger partial charge in [0.15, 0.2) is 15.4 Å². The maximum atomic E-state index is 11.8. The summed E-state index contributed by atoms with van der Waals surface area (Å²) in [4.78, 5) is 27.9. The molecule has 0 aliphatic heterocycles. The number of esters is 1. The van der Waals surface area contributed by atoms with E-state index in [1.165, 1.54) is 18.3 Å². The Bertz CT molecular complexity index is 733. The van der Waals surface area contributed by atoms with Gasteiger partial charge in [0, 0.05) is 16.0 Å². The standard InChI is InChI=1S/C15H13Cl2NO3S2/c1-3-21-14(20)13(8(2)19)23-15-18-12(7-22-15)10-5-4-9(16)6-11(10)17/h4-7,13H,3H2,1-2H3. The molecule has 1 aromatic carbocycles. The van der Waals surface area contributed by atoms with Gasteiger partial charge in [0.25, 0.3) is 0 Å². The van der Waals surface area contributed by atoms with Gasteiger partial charge in [-0.05, 0) is 32.0 Å². The van der Waals surface area contributed by atoms with Crippen LogP contribution in [0.5, 0.6) is 0 Å². The van der Waals surface area contributed by atoms with Crippen molar-refractivity contribution in [1.29, 1.82) is 0 Å². The molecule has 1 atom stereocenters.